The summed E-state index contributed by atoms with van der Waals surface area (Å²) in [7, 11) is 0. The second-order valence-electron chi connectivity index (χ2n) is 4.98. The van der Waals surface area contributed by atoms with Crippen LogP contribution in [0.5, 0.6) is 0 Å². The first-order chi connectivity index (χ1) is 8.69. The van der Waals surface area contributed by atoms with Gasteiger partial charge < -0.3 is 10.3 Å². The van der Waals surface area contributed by atoms with Crippen molar-refractivity contribution in [3.8, 4) is 0 Å². The van der Waals surface area contributed by atoms with Crippen LogP contribution in [0.3, 0.4) is 0 Å². The molecule has 5 heteroatoms. The van der Waals surface area contributed by atoms with Gasteiger partial charge in [-0.05, 0) is 49.9 Å². The zero-order valence-corrected chi connectivity index (χ0v) is 12.3. The van der Waals surface area contributed by atoms with Gasteiger partial charge in [-0.25, -0.2) is 4.98 Å². The molecule has 0 aromatic carbocycles. The van der Waals surface area contributed by atoms with E-state index >= 15 is 0 Å². The van der Waals surface area contributed by atoms with Crippen LogP contribution in [0.1, 0.15) is 30.7 Å². The molecule has 2 heterocycles. The molecular weight excluding hydrogens is 262 g/mol. The first kappa shape index (κ1) is 12.1. The molecule has 0 aliphatic heterocycles. The Morgan fingerprint density at radius 2 is 2.39 bits per heavy atom. The fourth-order valence-corrected chi connectivity index (χ4v) is 4.32. The van der Waals surface area contributed by atoms with E-state index in [4.69, 9.17) is 12.2 Å². The number of thiophene rings is 1. The van der Waals surface area contributed by atoms with Crippen molar-refractivity contribution >= 4 is 39.6 Å². The van der Waals surface area contributed by atoms with Crippen LogP contribution in [-0.4, -0.2) is 16.5 Å². The Labute approximate surface area is 116 Å². The van der Waals surface area contributed by atoms with Gasteiger partial charge in [-0.3, -0.25) is 0 Å². The van der Waals surface area contributed by atoms with Crippen molar-refractivity contribution in [2.45, 2.75) is 33.1 Å². The van der Waals surface area contributed by atoms with Gasteiger partial charge in [0.05, 0.1) is 5.39 Å². The third-order valence-electron chi connectivity index (χ3n) is 3.53. The van der Waals surface area contributed by atoms with Gasteiger partial charge in [0.1, 0.15) is 10.6 Å². The number of fused-ring (bicyclic) bond motifs is 3. The summed E-state index contributed by atoms with van der Waals surface area (Å²) in [5.41, 5.74) is 1.49. The molecule has 0 amide bonds. The highest BCUT2D eigenvalue weighted by molar-refractivity contribution is 7.71. The van der Waals surface area contributed by atoms with Crippen LogP contribution in [0.15, 0.2) is 0 Å². The Morgan fingerprint density at radius 3 is 3.17 bits per heavy atom. The first-order valence-corrected chi connectivity index (χ1v) is 7.70. The second kappa shape index (κ2) is 4.63. The number of nitrogens with zero attached hydrogens (tertiary/aromatic N) is 1. The molecule has 0 spiro atoms. The van der Waals surface area contributed by atoms with E-state index in [1.807, 2.05) is 11.3 Å². The van der Waals surface area contributed by atoms with E-state index < -0.39 is 0 Å². The second-order valence-corrected chi connectivity index (χ2v) is 6.45. The lowest BCUT2D eigenvalue weighted by Gasteiger charge is -2.18. The van der Waals surface area contributed by atoms with Crippen LogP contribution in [0.25, 0.3) is 10.2 Å². The lowest BCUT2D eigenvalue weighted by molar-refractivity contribution is 0.509. The maximum atomic E-state index is 5.21. The third kappa shape index (κ3) is 1.95. The van der Waals surface area contributed by atoms with Crippen LogP contribution in [0.4, 0.5) is 5.82 Å². The molecule has 2 aromatic heterocycles. The molecule has 18 heavy (non-hydrogen) atoms. The molecule has 2 aromatic rings. The summed E-state index contributed by atoms with van der Waals surface area (Å²) in [6, 6.07) is 0. The van der Waals surface area contributed by atoms with Crippen molar-refractivity contribution in [2.75, 3.05) is 11.9 Å². The summed E-state index contributed by atoms with van der Waals surface area (Å²) >= 11 is 7.02. The number of aryl methyl sites for hydroxylation is 1. The lowest BCUT2D eigenvalue weighted by Crippen LogP contribution is -2.09. The summed E-state index contributed by atoms with van der Waals surface area (Å²) in [5, 5.41) is 4.66. The molecule has 1 aliphatic rings. The van der Waals surface area contributed by atoms with Crippen LogP contribution in [0, 0.1) is 10.7 Å². The summed E-state index contributed by atoms with van der Waals surface area (Å²) in [6.45, 7) is 5.33. The average molecular weight is 279 g/mol. The number of rotatable bonds is 2. The number of hydrogen-bond donors (Lipinski definition) is 2. The van der Waals surface area contributed by atoms with Crippen molar-refractivity contribution in [2.24, 2.45) is 5.92 Å². The van der Waals surface area contributed by atoms with E-state index in [1.165, 1.54) is 35.1 Å². The Balaban J connectivity index is 2.25. The summed E-state index contributed by atoms with van der Waals surface area (Å²) in [4.78, 5) is 10.3. The number of nitrogens with one attached hydrogen (secondary N) is 2. The average Bonchev–Trinajstić information content (AvgIpc) is 2.65. The predicted octanol–water partition coefficient (Wildman–Crippen LogP) is 3.91. The highest BCUT2D eigenvalue weighted by Crippen LogP contribution is 2.39. The summed E-state index contributed by atoms with van der Waals surface area (Å²) in [5.74, 6) is 1.85. The van der Waals surface area contributed by atoms with E-state index in [2.05, 4.69) is 29.1 Å². The van der Waals surface area contributed by atoms with Gasteiger partial charge in [0, 0.05) is 11.4 Å². The molecule has 0 saturated carbocycles. The van der Waals surface area contributed by atoms with Gasteiger partial charge in [0.25, 0.3) is 0 Å². The van der Waals surface area contributed by atoms with E-state index in [1.54, 1.807) is 0 Å². The van der Waals surface area contributed by atoms with Gasteiger partial charge in [-0.1, -0.05) is 6.92 Å². The van der Waals surface area contributed by atoms with Crippen molar-refractivity contribution in [3.05, 3.63) is 15.2 Å². The first-order valence-electron chi connectivity index (χ1n) is 6.47. The zero-order chi connectivity index (χ0) is 12.7. The maximum Gasteiger partial charge on any atom is 0.199 e. The number of H-pyrrole nitrogens is 1. The molecule has 1 aliphatic carbocycles. The smallest absolute Gasteiger partial charge is 0.199 e. The standard InChI is InChI=1S/C13H17N3S2/c1-3-14-11-10-8-5-4-7(2)6-9(8)18-12(10)16-13(17)15-11/h7H,3-6H2,1-2H3,(H2,14,15,16,17)/t7-/m0/s1. The minimum Gasteiger partial charge on any atom is -0.371 e. The van der Waals surface area contributed by atoms with E-state index in [0.717, 1.165) is 23.1 Å². The Morgan fingerprint density at radius 1 is 1.56 bits per heavy atom. The molecule has 0 radical (unpaired) electrons. The van der Waals surface area contributed by atoms with Gasteiger partial charge in [-0.2, -0.15) is 0 Å². The van der Waals surface area contributed by atoms with Crippen molar-refractivity contribution in [1.29, 1.82) is 0 Å². The minimum atomic E-state index is 0.574. The molecule has 3 rings (SSSR count). The topological polar surface area (TPSA) is 40.7 Å². The van der Waals surface area contributed by atoms with Crippen molar-refractivity contribution in [1.82, 2.24) is 9.97 Å². The van der Waals surface area contributed by atoms with Crippen LogP contribution in [0.2, 0.25) is 0 Å². The molecule has 0 bridgehead atoms. The third-order valence-corrected chi connectivity index (χ3v) is 4.87. The number of aromatic amines is 1. The predicted molar refractivity (Wildman–Crippen MR) is 80.2 cm³/mol. The van der Waals surface area contributed by atoms with Crippen LogP contribution < -0.4 is 5.32 Å². The molecule has 96 valence electrons. The van der Waals surface area contributed by atoms with E-state index in [0.29, 0.717) is 4.77 Å². The quantitative estimate of drug-likeness (QED) is 0.819. The van der Waals surface area contributed by atoms with Crippen molar-refractivity contribution < 1.29 is 0 Å². The normalized spacial score (nSPS) is 18.9. The van der Waals surface area contributed by atoms with E-state index in [-0.39, 0.29) is 0 Å². The lowest BCUT2D eigenvalue weighted by atomic mass is 9.89. The highest BCUT2D eigenvalue weighted by atomic mass is 32.1. The fraction of sp³-hybridized carbons (Fsp3) is 0.538. The molecule has 1 atom stereocenters. The summed E-state index contributed by atoms with van der Waals surface area (Å²) in [6.07, 6.45) is 3.63. The Hall–Kier alpha value is -0.940. The SMILES string of the molecule is CCNc1[nH]c(=S)nc2sc3c(c12)CC[C@H](C)C3. The zero-order valence-electron chi connectivity index (χ0n) is 10.7. The van der Waals surface area contributed by atoms with Gasteiger partial charge in [0.2, 0.25) is 0 Å². The molecule has 0 unspecified atom stereocenters. The van der Waals surface area contributed by atoms with E-state index in [9.17, 15) is 0 Å². The van der Waals surface area contributed by atoms with Crippen molar-refractivity contribution in [3.63, 3.8) is 0 Å². The van der Waals surface area contributed by atoms with Crippen LogP contribution >= 0.6 is 23.6 Å². The molecule has 3 nitrogen and oxygen atoms in total. The van der Waals surface area contributed by atoms with Gasteiger partial charge >= 0.3 is 0 Å². The monoisotopic (exact) mass is 279 g/mol. The number of hydrogen-bond acceptors (Lipinski definition) is 4. The highest BCUT2D eigenvalue weighted by Gasteiger charge is 2.22. The van der Waals surface area contributed by atoms with Gasteiger partial charge in [-0.15, -0.1) is 11.3 Å². The maximum absolute atomic E-state index is 5.21. The number of aromatic nitrogens is 2. The Bertz CT molecular complexity index is 641. The molecule has 0 fully saturated rings. The largest absolute Gasteiger partial charge is 0.371 e. The Kier molecular flexibility index (Phi) is 3.11. The molecule has 2 N–H and O–H groups in total. The molecular formula is C13H17N3S2. The minimum absolute atomic E-state index is 0.574. The number of anilines is 1. The molecule has 0 saturated heterocycles. The fourth-order valence-electron chi connectivity index (χ4n) is 2.67. The van der Waals surface area contributed by atoms with Crippen LogP contribution in [-0.2, 0) is 12.8 Å². The van der Waals surface area contributed by atoms with Gasteiger partial charge in [0.15, 0.2) is 4.77 Å². The summed E-state index contributed by atoms with van der Waals surface area (Å²) < 4.78 is 0.574.